The lowest BCUT2D eigenvalue weighted by molar-refractivity contribution is -0.123. The van der Waals surface area contributed by atoms with Crippen LogP contribution in [-0.4, -0.2) is 17.5 Å². The quantitative estimate of drug-likeness (QED) is 0.923. The Balaban J connectivity index is 1.48. The van der Waals surface area contributed by atoms with E-state index in [1.54, 1.807) is 12.4 Å². The number of aromatic nitrogens is 1. The van der Waals surface area contributed by atoms with Gasteiger partial charge in [-0.1, -0.05) is 6.07 Å². The highest BCUT2D eigenvalue weighted by Crippen LogP contribution is 2.25. The monoisotopic (exact) mass is 296 g/mol. The molecule has 1 aromatic carbocycles. The van der Waals surface area contributed by atoms with Crippen molar-refractivity contribution in [2.75, 3.05) is 6.61 Å². The van der Waals surface area contributed by atoms with Crippen LogP contribution in [0.4, 0.5) is 0 Å². The molecule has 1 aliphatic carbocycles. The van der Waals surface area contributed by atoms with E-state index in [4.69, 9.17) is 4.74 Å². The van der Waals surface area contributed by atoms with Crippen molar-refractivity contribution in [1.82, 2.24) is 10.3 Å². The van der Waals surface area contributed by atoms with Crippen molar-refractivity contribution in [2.24, 2.45) is 0 Å². The number of fused-ring (bicyclic) bond motifs is 1. The number of nitrogens with zero attached hydrogens (tertiary/aromatic N) is 1. The molecule has 1 aliphatic rings. The summed E-state index contributed by atoms with van der Waals surface area (Å²) in [4.78, 5) is 15.8. The lowest BCUT2D eigenvalue weighted by atomic mass is 9.92. The number of pyridine rings is 1. The smallest absolute Gasteiger partial charge is 0.258 e. The second kappa shape index (κ2) is 7.07. The lowest BCUT2D eigenvalue weighted by Gasteiger charge is -2.16. The van der Waals surface area contributed by atoms with Crippen molar-refractivity contribution in [2.45, 2.75) is 32.2 Å². The maximum atomic E-state index is 11.8. The molecule has 0 saturated carbocycles. The maximum absolute atomic E-state index is 11.8. The van der Waals surface area contributed by atoms with Crippen LogP contribution in [0.1, 0.15) is 29.5 Å². The van der Waals surface area contributed by atoms with Crippen LogP contribution >= 0.6 is 0 Å². The summed E-state index contributed by atoms with van der Waals surface area (Å²) < 4.78 is 5.60. The van der Waals surface area contributed by atoms with Gasteiger partial charge in [-0.15, -0.1) is 0 Å². The number of carbonyl (C=O) groups excluding carboxylic acids is 1. The third-order valence-electron chi connectivity index (χ3n) is 3.93. The summed E-state index contributed by atoms with van der Waals surface area (Å²) in [5.74, 6) is 0.661. The Morgan fingerprint density at radius 2 is 1.86 bits per heavy atom. The van der Waals surface area contributed by atoms with Crippen LogP contribution in [0, 0.1) is 0 Å². The van der Waals surface area contributed by atoms with Gasteiger partial charge >= 0.3 is 0 Å². The van der Waals surface area contributed by atoms with Gasteiger partial charge in [0.15, 0.2) is 6.61 Å². The molecule has 0 atom stereocenters. The molecule has 0 radical (unpaired) electrons. The first-order valence-electron chi connectivity index (χ1n) is 7.71. The molecule has 0 fully saturated rings. The zero-order chi connectivity index (χ0) is 15.2. The molecule has 4 nitrogen and oxygen atoms in total. The fraction of sp³-hybridized carbons (Fsp3) is 0.333. The minimum atomic E-state index is -0.116. The minimum absolute atomic E-state index is 0.0455. The fourth-order valence-electron chi connectivity index (χ4n) is 2.70. The van der Waals surface area contributed by atoms with Crippen LogP contribution in [0.2, 0.25) is 0 Å². The zero-order valence-electron chi connectivity index (χ0n) is 12.5. The fourth-order valence-corrected chi connectivity index (χ4v) is 2.70. The number of amides is 1. The van der Waals surface area contributed by atoms with Crippen LogP contribution < -0.4 is 10.1 Å². The van der Waals surface area contributed by atoms with E-state index in [0.29, 0.717) is 6.54 Å². The second-order valence-electron chi connectivity index (χ2n) is 5.56. The summed E-state index contributed by atoms with van der Waals surface area (Å²) in [6.07, 6.45) is 8.20. The third kappa shape index (κ3) is 3.85. The number of rotatable bonds is 5. The van der Waals surface area contributed by atoms with Gasteiger partial charge in [0.2, 0.25) is 0 Å². The molecule has 1 heterocycles. The van der Waals surface area contributed by atoms with Crippen LogP contribution in [0.25, 0.3) is 0 Å². The molecular formula is C18H20N2O2. The summed E-state index contributed by atoms with van der Waals surface area (Å²) in [7, 11) is 0. The molecular weight excluding hydrogens is 276 g/mol. The lowest BCUT2D eigenvalue weighted by Crippen LogP contribution is -2.28. The molecule has 0 unspecified atom stereocenters. The van der Waals surface area contributed by atoms with Crippen molar-refractivity contribution in [3.63, 3.8) is 0 Å². The van der Waals surface area contributed by atoms with Crippen molar-refractivity contribution >= 4 is 5.91 Å². The van der Waals surface area contributed by atoms with E-state index >= 15 is 0 Å². The maximum Gasteiger partial charge on any atom is 0.258 e. The van der Waals surface area contributed by atoms with Crippen molar-refractivity contribution < 1.29 is 9.53 Å². The Morgan fingerprint density at radius 1 is 1.09 bits per heavy atom. The highest BCUT2D eigenvalue weighted by atomic mass is 16.5. The number of aryl methyl sites for hydroxylation is 2. The molecule has 1 N–H and O–H groups in total. The first-order chi connectivity index (χ1) is 10.8. The summed E-state index contributed by atoms with van der Waals surface area (Å²) in [5.41, 5.74) is 3.80. The highest BCUT2D eigenvalue weighted by molar-refractivity contribution is 5.77. The van der Waals surface area contributed by atoms with Gasteiger partial charge < -0.3 is 10.1 Å². The average Bonchev–Trinajstić information content (AvgIpc) is 2.59. The average molecular weight is 296 g/mol. The predicted octanol–water partition coefficient (Wildman–Crippen LogP) is 2.66. The van der Waals surface area contributed by atoms with Crippen molar-refractivity contribution in [3.05, 3.63) is 59.4 Å². The molecule has 114 valence electrons. The SMILES string of the molecule is O=C(COc1ccc2c(c1)CCCC2)NCc1ccncc1. The number of ether oxygens (including phenoxy) is 1. The van der Waals surface area contributed by atoms with Crippen LogP contribution in [0.3, 0.4) is 0 Å². The molecule has 1 aromatic heterocycles. The van der Waals surface area contributed by atoms with Gasteiger partial charge in [-0.3, -0.25) is 9.78 Å². The van der Waals surface area contributed by atoms with Gasteiger partial charge in [-0.05, 0) is 66.6 Å². The molecule has 3 rings (SSSR count). The second-order valence-corrected chi connectivity index (χ2v) is 5.56. The van der Waals surface area contributed by atoms with Crippen LogP contribution in [0.5, 0.6) is 5.75 Å². The molecule has 4 heteroatoms. The number of hydrogen-bond donors (Lipinski definition) is 1. The highest BCUT2D eigenvalue weighted by Gasteiger charge is 2.10. The van der Waals surface area contributed by atoms with Gasteiger partial charge in [0.25, 0.3) is 5.91 Å². The van der Waals surface area contributed by atoms with E-state index in [1.165, 1.54) is 24.0 Å². The molecule has 22 heavy (non-hydrogen) atoms. The molecule has 2 aromatic rings. The zero-order valence-corrected chi connectivity index (χ0v) is 12.5. The summed E-state index contributed by atoms with van der Waals surface area (Å²) >= 11 is 0. The Bertz CT molecular complexity index is 641. The summed E-state index contributed by atoms with van der Waals surface area (Å²) in [6.45, 7) is 0.540. The Morgan fingerprint density at radius 3 is 2.68 bits per heavy atom. The molecule has 0 bridgehead atoms. The number of benzene rings is 1. The van der Waals surface area contributed by atoms with E-state index in [-0.39, 0.29) is 12.5 Å². The van der Waals surface area contributed by atoms with Gasteiger partial charge in [0.1, 0.15) is 5.75 Å². The first kappa shape index (κ1) is 14.6. The van der Waals surface area contributed by atoms with Gasteiger partial charge in [-0.25, -0.2) is 0 Å². The Hall–Kier alpha value is -2.36. The van der Waals surface area contributed by atoms with E-state index in [1.807, 2.05) is 18.2 Å². The van der Waals surface area contributed by atoms with Gasteiger partial charge in [-0.2, -0.15) is 0 Å². The largest absolute Gasteiger partial charge is 0.484 e. The predicted molar refractivity (Wildman–Crippen MR) is 84.7 cm³/mol. The number of carbonyl (C=O) groups is 1. The van der Waals surface area contributed by atoms with E-state index < -0.39 is 0 Å². The standard InChI is InChI=1S/C18H20N2O2/c21-18(20-12-14-7-9-19-10-8-14)13-22-17-6-5-15-3-1-2-4-16(15)11-17/h5-11H,1-4,12-13H2,(H,20,21). The first-order valence-corrected chi connectivity index (χ1v) is 7.71. The third-order valence-corrected chi connectivity index (χ3v) is 3.93. The number of hydrogen-bond acceptors (Lipinski definition) is 3. The molecule has 0 spiro atoms. The van der Waals surface area contributed by atoms with Crippen molar-refractivity contribution in [3.8, 4) is 5.75 Å². The van der Waals surface area contributed by atoms with Crippen LogP contribution in [0.15, 0.2) is 42.7 Å². The number of nitrogens with one attached hydrogen (secondary N) is 1. The van der Waals surface area contributed by atoms with Crippen LogP contribution in [-0.2, 0) is 24.2 Å². The Kier molecular flexibility index (Phi) is 4.68. The normalized spacial score (nSPS) is 13.3. The molecule has 0 saturated heterocycles. The molecule has 0 aliphatic heterocycles. The molecule has 1 amide bonds. The van der Waals surface area contributed by atoms with E-state index in [2.05, 4.69) is 22.4 Å². The summed E-state index contributed by atoms with van der Waals surface area (Å²) in [5, 5.41) is 2.84. The topological polar surface area (TPSA) is 51.2 Å². The summed E-state index contributed by atoms with van der Waals surface area (Å²) in [6, 6.07) is 9.92. The van der Waals surface area contributed by atoms with Gasteiger partial charge in [0, 0.05) is 18.9 Å². The van der Waals surface area contributed by atoms with Gasteiger partial charge in [0.05, 0.1) is 0 Å². The van der Waals surface area contributed by atoms with E-state index in [0.717, 1.165) is 24.2 Å². The van der Waals surface area contributed by atoms with E-state index in [9.17, 15) is 4.79 Å². The Labute approximate surface area is 130 Å². The van der Waals surface area contributed by atoms with Crippen molar-refractivity contribution in [1.29, 1.82) is 0 Å². The minimum Gasteiger partial charge on any atom is -0.484 e.